The molecule has 134 valence electrons. The highest BCUT2D eigenvalue weighted by Crippen LogP contribution is 2.52. The molecule has 3 rings (SSSR count). The molecule has 25 heavy (non-hydrogen) atoms. The molecule has 2 aliphatic carbocycles. The quantitative estimate of drug-likeness (QED) is 0.773. The lowest BCUT2D eigenvalue weighted by Gasteiger charge is -2.27. The first-order valence-electron chi connectivity index (χ1n) is 8.82. The third-order valence-corrected chi connectivity index (χ3v) is 5.33. The number of anilines is 1. The molecule has 2 saturated carbocycles. The van der Waals surface area contributed by atoms with E-state index in [9.17, 15) is 19.5 Å². The summed E-state index contributed by atoms with van der Waals surface area (Å²) in [7, 11) is 0. The molecular formula is C19H23NO5. The van der Waals surface area contributed by atoms with E-state index in [4.69, 9.17) is 4.74 Å². The van der Waals surface area contributed by atoms with Crippen LogP contribution in [0.3, 0.4) is 0 Å². The first-order chi connectivity index (χ1) is 12.0. The standard InChI is InChI=1S/C19H23NO5/c1-2-9-25-19(24)11-5-7-14(8-6-11)20-17(21)15-12-3-4-13(10-12)16(15)18(22)23/h5-8,12-13,15-16H,2-4,9-10H2,1H3,(H,20,21)(H,22,23)/t12-,13-,15+,16-/m0/s1. The molecule has 0 aromatic heterocycles. The Bertz CT molecular complexity index is 669. The van der Waals surface area contributed by atoms with Crippen LogP contribution in [-0.2, 0) is 14.3 Å². The van der Waals surface area contributed by atoms with Crippen LogP contribution in [0.4, 0.5) is 5.69 Å². The average molecular weight is 345 g/mol. The summed E-state index contributed by atoms with van der Waals surface area (Å²) in [5.41, 5.74) is 0.985. The molecule has 1 aromatic carbocycles. The third-order valence-electron chi connectivity index (χ3n) is 5.33. The SMILES string of the molecule is CCCOC(=O)c1ccc(NC(=O)[C@@H]2[C@H]3CC[C@@H](C3)[C@@H]2C(=O)O)cc1. The minimum absolute atomic E-state index is 0.119. The van der Waals surface area contributed by atoms with Crippen LogP contribution in [0.5, 0.6) is 0 Å². The molecule has 0 unspecified atom stereocenters. The molecule has 0 radical (unpaired) electrons. The van der Waals surface area contributed by atoms with Gasteiger partial charge in [-0.25, -0.2) is 4.79 Å². The monoisotopic (exact) mass is 345 g/mol. The Morgan fingerprint density at radius 1 is 1.12 bits per heavy atom. The number of carbonyl (C=O) groups excluding carboxylic acids is 2. The van der Waals surface area contributed by atoms with E-state index in [0.717, 1.165) is 25.7 Å². The number of nitrogens with one attached hydrogen (secondary N) is 1. The lowest BCUT2D eigenvalue weighted by molar-refractivity contribution is -0.148. The molecule has 2 bridgehead atoms. The first kappa shape index (κ1) is 17.5. The van der Waals surface area contributed by atoms with Gasteiger partial charge < -0.3 is 15.2 Å². The Kier molecular flexibility index (Phi) is 5.06. The van der Waals surface area contributed by atoms with Crippen molar-refractivity contribution in [3.05, 3.63) is 29.8 Å². The van der Waals surface area contributed by atoms with Gasteiger partial charge in [0.2, 0.25) is 5.91 Å². The summed E-state index contributed by atoms with van der Waals surface area (Å²) in [6.45, 7) is 2.30. The van der Waals surface area contributed by atoms with Crippen LogP contribution in [0.25, 0.3) is 0 Å². The number of hydrogen-bond donors (Lipinski definition) is 2. The molecular weight excluding hydrogens is 322 g/mol. The van der Waals surface area contributed by atoms with Gasteiger partial charge in [0.05, 0.1) is 24.0 Å². The number of carbonyl (C=O) groups is 3. The largest absolute Gasteiger partial charge is 0.481 e. The normalized spacial score (nSPS) is 27.1. The number of carboxylic acids is 1. The van der Waals surface area contributed by atoms with Gasteiger partial charge in [-0.3, -0.25) is 9.59 Å². The van der Waals surface area contributed by atoms with Crippen LogP contribution in [0, 0.1) is 23.7 Å². The van der Waals surface area contributed by atoms with Gasteiger partial charge in [-0.05, 0) is 61.8 Å². The maximum Gasteiger partial charge on any atom is 0.338 e. The van der Waals surface area contributed by atoms with Crippen molar-refractivity contribution >= 4 is 23.5 Å². The van der Waals surface area contributed by atoms with E-state index in [1.54, 1.807) is 24.3 Å². The van der Waals surface area contributed by atoms with Crippen LogP contribution in [0.15, 0.2) is 24.3 Å². The minimum Gasteiger partial charge on any atom is -0.481 e. The molecule has 6 nitrogen and oxygen atoms in total. The Labute approximate surface area is 146 Å². The third kappa shape index (κ3) is 3.52. The Balaban J connectivity index is 1.65. The second-order valence-electron chi connectivity index (χ2n) is 6.93. The predicted octanol–water partition coefficient (Wildman–Crippen LogP) is 2.94. The van der Waals surface area contributed by atoms with Gasteiger partial charge in [0.15, 0.2) is 0 Å². The van der Waals surface area contributed by atoms with Crippen molar-refractivity contribution in [3.63, 3.8) is 0 Å². The maximum absolute atomic E-state index is 12.6. The number of amides is 1. The van der Waals surface area contributed by atoms with E-state index in [-0.39, 0.29) is 17.7 Å². The Morgan fingerprint density at radius 3 is 2.36 bits per heavy atom. The lowest BCUT2D eigenvalue weighted by atomic mass is 9.78. The fourth-order valence-electron chi connectivity index (χ4n) is 4.22. The summed E-state index contributed by atoms with van der Waals surface area (Å²) in [4.78, 5) is 35.9. The average Bonchev–Trinajstić information content (AvgIpc) is 3.21. The Hall–Kier alpha value is -2.37. The highest BCUT2D eigenvalue weighted by Gasteiger charge is 2.53. The van der Waals surface area contributed by atoms with Crippen LogP contribution in [0.2, 0.25) is 0 Å². The van der Waals surface area contributed by atoms with Gasteiger partial charge >= 0.3 is 11.9 Å². The van der Waals surface area contributed by atoms with E-state index in [2.05, 4.69) is 5.32 Å². The molecule has 2 N–H and O–H groups in total. The van der Waals surface area contributed by atoms with Crippen molar-refractivity contribution in [3.8, 4) is 0 Å². The number of fused-ring (bicyclic) bond motifs is 2. The number of rotatable bonds is 6. The zero-order chi connectivity index (χ0) is 18.0. The van der Waals surface area contributed by atoms with E-state index >= 15 is 0 Å². The molecule has 1 aromatic rings. The van der Waals surface area contributed by atoms with Crippen LogP contribution >= 0.6 is 0 Å². The molecule has 6 heteroatoms. The summed E-state index contributed by atoms with van der Waals surface area (Å²) >= 11 is 0. The Morgan fingerprint density at radius 2 is 1.76 bits per heavy atom. The number of carboxylic acid groups (broad SMARTS) is 1. The van der Waals surface area contributed by atoms with Gasteiger partial charge in [-0.15, -0.1) is 0 Å². The molecule has 0 saturated heterocycles. The van der Waals surface area contributed by atoms with Gasteiger partial charge in [-0.2, -0.15) is 0 Å². The number of aliphatic carboxylic acids is 1. The van der Waals surface area contributed by atoms with Gasteiger partial charge in [0.25, 0.3) is 0 Å². The van der Waals surface area contributed by atoms with Gasteiger partial charge in [0, 0.05) is 5.69 Å². The fraction of sp³-hybridized carbons (Fsp3) is 0.526. The van der Waals surface area contributed by atoms with Gasteiger partial charge in [-0.1, -0.05) is 6.92 Å². The second kappa shape index (κ2) is 7.25. The molecule has 4 atom stereocenters. The van der Waals surface area contributed by atoms with Crippen molar-refractivity contribution in [1.29, 1.82) is 0 Å². The van der Waals surface area contributed by atoms with Crippen molar-refractivity contribution in [2.75, 3.05) is 11.9 Å². The van der Waals surface area contributed by atoms with Crippen molar-refractivity contribution < 1.29 is 24.2 Å². The van der Waals surface area contributed by atoms with Crippen LogP contribution in [-0.4, -0.2) is 29.6 Å². The molecule has 2 aliphatic rings. The van der Waals surface area contributed by atoms with Crippen molar-refractivity contribution in [1.82, 2.24) is 0 Å². The lowest BCUT2D eigenvalue weighted by Crippen LogP contribution is -2.37. The molecule has 0 spiro atoms. The minimum atomic E-state index is -0.874. The summed E-state index contributed by atoms with van der Waals surface area (Å²) in [6, 6.07) is 6.49. The predicted molar refractivity (Wildman–Crippen MR) is 91.1 cm³/mol. The van der Waals surface area contributed by atoms with Gasteiger partial charge in [0.1, 0.15) is 0 Å². The molecule has 1 amide bonds. The summed E-state index contributed by atoms with van der Waals surface area (Å²) in [5, 5.41) is 12.3. The highest BCUT2D eigenvalue weighted by atomic mass is 16.5. The number of benzene rings is 1. The number of hydrogen-bond acceptors (Lipinski definition) is 4. The second-order valence-corrected chi connectivity index (χ2v) is 6.93. The summed E-state index contributed by atoms with van der Waals surface area (Å²) in [5.74, 6) is -2.27. The van der Waals surface area contributed by atoms with Crippen molar-refractivity contribution in [2.24, 2.45) is 23.7 Å². The summed E-state index contributed by atoms with van der Waals surface area (Å²) in [6.07, 6.45) is 3.42. The highest BCUT2D eigenvalue weighted by molar-refractivity contribution is 5.96. The fourth-order valence-corrected chi connectivity index (χ4v) is 4.22. The van der Waals surface area contributed by atoms with E-state index in [0.29, 0.717) is 17.9 Å². The first-order valence-corrected chi connectivity index (χ1v) is 8.82. The summed E-state index contributed by atoms with van der Waals surface area (Å²) < 4.78 is 5.06. The van der Waals surface area contributed by atoms with E-state index < -0.39 is 23.8 Å². The zero-order valence-electron chi connectivity index (χ0n) is 14.2. The van der Waals surface area contributed by atoms with Crippen LogP contribution in [0.1, 0.15) is 43.0 Å². The number of esters is 1. The number of ether oxygens (including phenoxy) is 1. The van der Waals surface area contributed by atoms with Crippen molar-refractivity contribution in [2.45, 2.75) is 32.6 Å². The topological polar surface area (TPSA) is 92.7 Å². The molecule has 0 aliphatic heterocycles. The van der Waals surface area contributed by atoms with E-state index in [1.807, 2.05) is 6.92 Å². The molecule has 2 fully saturated rings. The maximum atomic E-state index is 12.6. The molecule has 0 heterocycles. The van der Waals surface area contributed by atoms with E-state index in [1.165, 1.54) is 0 Å². The zero-order valence-corrected chi connectivity index (χ0v) is 14.2. The van der Waals surface area contributed by atoms with Crippen LogP contribution < -0.4 is 5.32 Å². The smallest absolute Gasteiger partial charge is 0.338 e.